The molecule has 1 aromatic rings. The van der Waals surface area contributed by atoms with Crippen LogP contribution in [0, 0.1) is 5.82 Å². The summed E-state index contributed by atoms with van der Waals surface area (Å²) in [5.74, 6) is -0.112. The van der Waals surface area contributed by atoms with Crippen molar-refractivity contribution in [1.29, 1.82) is 0 Å². The highest BCUT2D eigenvalue weighted by Crippen LogP contribution is 2.24. The van der Waals surface area contributed by atoms with Gasteiger partial charge in [-0.3, -0.25) is 4.79 Å². The smallest absolute Gasteiger partial charge is 0.257 e. The summed E-state index contributed by atoms with van der Waals surface area (Å²) < 4.78 is 13.4. The topological polar surface area (TPSA) is 45.2 Å². The first-order valence-corrected chi connectivity index (χ1v) is 7.37. The largest absolute Gasteiger partial charge is 0.370 e. The van der Waals surface area contributed by atoms with E-state index in [1.807, 2.05) is 11.8 Å². The summed E-state index contributed by atoms with van der Waals surface area (Å²) in [6, 6.07) is 1.54. The minimum atomic E-state index is -0.472. The Kier molecular flexibility index (Phi) is 4.93. The third-order valence-corrected chi connectivity index (χ3v) is 3.79. The predicted octanol–water partition coefficient (Wildman–Crippen LogP) is 3.06. The second-order valence-corrected chi connectivity index (χ2v) is 5.14. The van der Waals surface area contributed by atoms with Gasteiger partial charge in [0, 0.05) is 19.1 Å². The summed E-state index contributed by atoms with van der Waals surface area (Å²) >= 11 is 0. The molecule has 2 heterocycles. The number of aromatic nitrogens is 1. The van der Waals surface area contributed by atoms with E-state index in [1.54, 1.807) is 0 Å². The fraction of sp³-hybridized carbons (Fsp3) is 0.600. The lowest BCUT2D eigenvalue weighted by atomic mass is 9.99. The molecule has 1 fully saturated rings. The van der Waals surface area contributed by atoms with Crippen LogP contribution in [-0.4, -0.2) is 34.9 Å². The number of carbonyl (C=O) groups is 1. The molecule has 0 saturated carbocycles. The number of rotatable bonds is 4. The van der Waals surface area contributed by atoms with E-state index in [0.717, 1.165) is 38.4 Å². The zero-order valence-corrected chi connectivity index (χ0v) is 12.2. The Morgan fingerprint density at radius 1 is 1.50 bits per heavy atom. The second kappa shape index (κ2) is 6.68. The number of anilines is 1. The summed E-state index contributed by atoms with van der Waals surface area (Å²) in [5.41, 5.74) is 0.340. The van der Waals surface area contributed by atoms with Crippen molar-refractivity contribution in [3.8, 4) is 0 Å². The lowest BCUT2D eigenvalue weighted by molar-refractivity contribution is 0.0608. The van der Waals surface area contributed by atoms with Crippen molar-refractivity contribution in [3.05, 3.63) is 23.6 Å². The normalized spacial score (nSPS) is 18.9. The predicted molar refractivity (Wildman–Crippen MR) is 77.3 cm³/mol. The molecule has 5 heteroatoms. The average Bonchev–Trinajstić information content (AvgIpc) is 2.48. The molecule has 2 rings (SSSR count). The molecule has 1 unspecified atom stereocenters. The minimum Gasteiger partial charge on any atom is -0.370 e. The van der Waals surface area contributed by atoms with Crippen LogP contribution < -0.4 is 5.32 Å². The monoisotopic (exact) mass is 279 g/mol. The molecule has 1 aliphatic heterocycles. The molecule has 0 bridgehead atoms. The maximum absolute atomic E-state index is 13.4. The van der Waals surface area contributed by atoms with Crippen LogP contribution >= 0.6 is 0 Å². The van der Waals surface area contributed by atoms with Gasteiger partial charge in [0.05, 0.1) is 11.8 Å². The van der Waals surface area contributed by atoms with Crippen LogP contribution in [0.15, 0.2) is 12.3 Å². The van der Waals surface area contributed by atoms with Gasteiger partial charge in [-0.2, -0.15) is 0 Å². The van der Waals surface area contributed by atoms with Crippen molar-refractivity contribution in [2.75, 3.05) is 18.4 Å². The number of pyridine rings is 1. The van der Waals surface area contributed by atoms with Gasteiger partial charge in [0.1, 0.15) is 11.6 Å². The number of likely N-dealkylation sites (tertiary alicyclic amines) is 1. The summed E-state index contributed by atoms with van der Waals surface area (Å²) in [4.78, 5) is 18.6. The lowest BCUT2D eigenvalue weighted by Crippen LogP contribution is -2.43. The molecular weight excluding hydrogens is 257 g/mol. The molecule has 1 N–H and O–H groups in total. The second-order valence-electron chi connectivity index (χ2n) is 5.14. The van der Waals surface area contributed by atoms with Gasteiger partial charge in [-0.05, 0) is 38.7 Å². The van der Waals surface area contributed by atoms with Gasteiger partial charge in [0.15, 0.2) is 0 Å². The number of nitrogens with zero attached hydrogens (tertiary/aromatic N) is 2. The first-order chi connectivity index (χ1) is 9.67. The van der Waals surface area contributed by atoms with Crippen LogP contribution in [0.2, 0.25) is 0 Å². The molecule has 1 aromatic heterocycles. The van der Waals surface area contributed by atoms with Gasteiger partial charge >= 0.3 is 0 Å². The molecule has 4 nitrogen and oxygen atoms in total. The number of carbonyl (C=O) groups excluding carboxylic acids is 1. The van der Waals surface area contributed by atoms with Crippen LogP contribution in [0.3, 0.4) is 0 Å². The molecule has 1 atom stereocenters. The van der Waals surface area contributed by atoms with Gasteiger partial charge < -0.3 is 10.2 Å². The Morgan fingerprint density at radius 2 is 2.30 bits per heavy atom. The summed E-state index contributed by atoms with van der Waals surface area (Å²) in [6.45, 7) is 5.41. The van der Waals surface area contributed by atoms with E-state index in [2.05, 4.69) is 17.2 Å². The fourth-order valence-electron chi connectivity index (χ4n) is 2.76. The Labute approximate surface area is 119 Å². The van der Waals surface area contributed by atoms with E-state index in [0.29, 0.717) is 17.9 Å². The molecule has 0 aromatic carbocycles. The van der Waals surface area contributed by atoms with E-state index in [4.69, 9.17) is 0 Å². The maximum Gasteiger partial charge on any atom is 0.257 e. The Balaban J connectivity index is 2.29. The Morgan fingerprint density at radius 3 is 3.00 bits per heavy atom. The van der Waals surface area contributed by atoms with Crippen LogP contribution in [0.25, 0.3) is 0 Å². The summed E-state index contributed by atoms with van der Waals surface area (Å²) in [5, 5.41) is 3.03. The van der Waals surface area contributed by atoms with E-state index < -0.39 is 5.82 Å². The Bertz CT molecular complexity index is 478. The van der Waals surface area contributed by atoms with Crippen LogP contribution in [0.4, 0.5) is 10.2 Å². The van der Waals surface area contributed by atoms with E-state index in [9.17, 15) is 9.18 Å². The number of halogens is 1. The number of amides is 1. The van der Waals surface area contributed by atoms with E-state index >= 15 is 0 Å². The Hall–Kier alpha value is -1.65. The van der Waals surface area contributed by atoms with Gasteiger partial charge in [-0.25, -0.2) is 9.37 Å². The molecular formula is C15H22FN3O. The van der Waals surface area contributed by atoms with Gasteiger partial charge in [0.2, 0.25) is 0 Å². The van der Waals surface area contributed by atoms with Gasteiger partial charge in [-0.15, -0.1) is 0 Å². The third kappa shape index (κ3) is 3.08. The van der Waals surface area contributed by atoms with Crippen molar-refractivity contribution >= 4 is 11.7 Å². The highest BCUT2D eigenvalue weighted by molar-refractivity contribution is 5.99. The van der Waals surface area contributed by atoms with E-state index in [-0.39, 0.29) is 11.9 Å². The molecule has 1 saturated heterocycles. The first kappa shape index (κ1) is 14.8. The number of hydrogen-bond acceptors (Lipinski definition) is 3. The highest BCUT2D eigenvalue weighted by atomic mass is 19.1. The van der Waals surface area contributed by atoms with Gasteiger partial charge in [-0.1, -0.05) is 6.92 Å². The highest BCUT2D eigenvalue weighted by Gasteiger charge is 2.28. The molecule has 0 aliphatic carbocycles. The molecule has 0 radical (unpaired) electrons. The molecule has 1 aliphatic rings. The summed E-state index contributed by atoms with van der Waals surface area (Å²) in [6.07, 6.45) is 5.28. The van der Waals surface area contributed by atoms with E-state index in [1.165, 1.54) is 6.07 Å². The molecule has 20 heavy (non-hydrogen) atoms. The minimum absolute atomic E-state index is 0.112. The average molecular weight is 279 g/mol. The molecule has 0 spiro atoms. The van der Waals surface area contributed by atoms with Crippen molar-refractivity contribution in [3.63, 3.8) is 0 Å². The summed E-state index contributed by atoms with van der Waals surface area (Å²) in [7, 11) is 0. The quantitative estimate of drug-likeness (QED) is 0.921. The first-order valence-electron chi connectivity index (χ1n) is 7.37. The molecule has 110 valence electrons. The van der Waals surface area contributed by atoms with Crippen molar-refractivity contribution < 1.29 is 9.18 Å². The van der Waals surface area contributed by atoms with Gasteiger partial charge in [0.25, 0.3) is 5.91 Å². The van der Waals surface area contributed by atoms with Crippen molar-refractivity contribution in [2.45, 2.75) is 45.6 Å². The van der Waals surface area contributed by atoms with Crippen molar-refractivity contribution in [2.24, 2.45) is 0 Å². The zero-order chi connectivity index (χ0) is 14.5. The fourth-order valence-corrected chi connectivity index (χ4v) is 2.76. The zero-order valence-electron chi connectivity index (χ0n) is 12.2. The number of piperidine rings is 1. The molecule has 1 amide bonds. The lowest BCUT2D eigenvalue weighted by Gasteiger charge is -2.35. The SMILES string of the molecule is CCNc1ncc(F)cc1C(=O)N1CCCCC1CC. The number of nitrogens with one attached hydrogen (secondary N) is 1. The maximum atomic E-state index is 13.4. The third-order valence-electron chi connectivity index (χ3n) is 3.79. The van der Waals surface area contributed by atoms with Crippen LogP contribution in [-0.2, 0) is 0 Å². The number of hydrogen-bond donors (Lipinski definition) is 1. The van der Waals surface area contributed by atoms with Crippen LogP contribution in [0.1, 0.15) is 49.9 Å². The van der Waals surface area contributed by atoms with Crippen LogP contribution in [0.5, 0.6) is 0 Å². The van der Waals surface area contributed by atoms with Crippen molar-refractivity contribution in [1.82, 2.24) is 9.88 Å². The standard InChI is InChI=1S/C15H22FN3O/c1-3-12-7-5-6-8-19(12)15(20)13-9-11(16)10-18-14(13)17-4-2/h9-10,12H,3-8H2,1-2H3,(H,17,18).